The van der Waals surface area contributed by atoms with Crippen LogP contribution in [0.15, 0.2) is 36.4 Å². The molecule has 5 aliphatic rings. The van der Waals surface area contributed by atoms with E-state index in [1.54, 1.807) is 19.1 Å². The Bertz CT molecular complexity index is 2160. The van der Waals surface area contributed by atoms with Gasteiger partial charge in [0.25, 0.3) is 5.91 Å². The van der Waals surface area contributed by atoms with Crippen LogP contribution in [-0.2, 0) is 40.3 Å². The molecule has 2 aromatic rings. The van der Waals surface area contributed by atoms with Crippen molar-refractivity contribution in [3.63, 3.8) is 0 Å². The number of rotatable bonds is 7. The number of carbonyl (C=O) groups excluding carboxylic acids is 4. The molecule has 1 aromatic carbocycles. The van der Waals surface area contributed by atoms with Crippen molar-refractivity contribution in [3.05, 3.63) is 42.0 Å². The van der Waals surface area contributed by atoms with Gasteiger partial charge in [-0.05, 0) is 91.0 Å². The normalized spacial score (nSPS) is 30.2. The highest BCUT2D eigenvalue weighted by molar-refractivity contribution is 7.91. The van der Waals surface area contributed by atoms with Crippen molar-refractivity contribution < 1.29 is 59.7 Å². The third-order valence-electron chi connectivity index (χ3n) is 12.1. The number of aryl methyl sites for hydroxylation is 1. The molecule has 1 aromatic heterocycles. The zero-order valence-corrected chi connectivity index (χ0v) is 34.3. The summed E-state index contributed by atoms with van der Waals surface area (Å²) in [6.07, 6.45) is -2.53. The van der Waals surface area contributed by atoms with Crippen molar-refractivity contribution in [2.45, 2.75) is 138 Å². The van der Waals surface area contributed by atoms with Crippen LogP contribution in [0.1, 0.15) is 85.1 Å². The number of alkyl halides is 3. The molecule has 15 nitrogen and oxygen atoms in total. The fourth-order valence-electron chi connectivity index (χ4n) is 7.84. The average Bonchev–Trinajstić information content (AvgIpc) is 4.04. The molecule has 2 aliphatic carbocycles. The quantitative estimate of drug-likeness (QED) is 0.336. The number of fused-ring (bicyclic) bond motifs is 5. The number of aromatic nitrogens is 1. The third kappa shape index (κ3) is 8.41. The van der Waals surface area contributed by atoms with Gasteiger partial charge in [0.15, 0.2) is 0 Å². The smallest absolute Gasteiger partial charge is 0.427 e. The summed E-state index contributed by atoms with van der Waals surface area (Å²) in [7, 11) is -4.09. The molecular formula is C40H50F3N5O10S. The van der Waals surface area contributed by atoms with Gasteiger partial charge in [0.05, 0.1) is 30.1 Å². The predicted molar refractivity (Wildman–Crippen MR) is 206 cm³/mol. The monoisotopic (exact) mass is 849 g/mol. The zero-order valence-electron chi connectivity index (χ0n) is 33.5. The lowest BCUT2D eigenvalue weighted by Crippen LogP contribution is -2.60. The molecule has 7 rings (SSSR count). The first-order valence-electron chi connectivity index (χ1n) is 19.9. The van der Waals surface area contributed by atoms with Crippen LogP contribution in [0.2, 0.25) is 0 Å². The Morgan fingerprint density at radius 3 is 2.51 bits per heavy atom. The Labute approximate surface area is 340 Å². The van der Waals surface area contributed by atoms with Crippen LogP contribution in [0.5, 0.6) is 11.8 Å². The maximum Gasteiger partial charge on any atom is 0.427 e. The third-order valence-corrected chi connectivity index (χ3v) is 14.2. The van der Waals surface area contributed by atoms with E-state index in [1.807, 2.05) is 24.3 Å². The van der Waals surface area contributed by atoms with Crippen LogP contribution in [0, 0.1) is 5.92 Å². The first-order chi connectivity index (χ1) is 27.6. The molecule has 0 bridgehead atoms. The molecule has 19 heteroatoms. The van der Waals surface area contributed by atoms with E-state index in [4.69, 9.17) is 18.9 Å². The minimum Gasteiger partial charge on any atom is -0.477 e. The van der Waals surface area contributed by atoms with Gasteiger partial charge in [0.1, 0.15) is 23.7 Å². The molecule has 1 saturated heterocycles. The molecule has 0 unspecified atom stereocenters. The van der Waals surface area contributed by atoms with Gasteiger partial charge in [-0.25, -0.2) is 13.2 Å². The number of allylic oxidation sites excluding steroid dienone is 1. The van der Waals surface area contributed by atoms with Crippen molar-refractivity contribution in [3.8, 4) is 11.8 Å². The van der Waals surface area contributed by atoms with Crippen molar-refractivity contribution in [2.75, 3.05) is 13.2 Å². The van der Waals surface area contributed by atoms with Crippen molar-refractivity contribution in [1.82, 2.24) is 25.2 Å². The number of hydrogen-bond acceptors (Lipinski definition) is 11. The highest BCUT2D eigenvalue weighted by Gasteiger charge is 2.63. The number of sulfonamides is 1. The number of halogens is 3. The number of nitrogens with one attached hydrogen (secondary N) is 3. The standard InChI is InChI=1S/C40H50F3N5O10S/c1-22-11-6-7-12-24-20-39(24,35(51)47-59(53,54)38(5)16-17-38)46-31(49)29-19-25(57-33-28-14-9-8-13-26(28)27-15-10-18-55-32(27)45-33)21-48(29)34(50)30(23(2)56-22)44-36(52)58-37(3,4)40(41,42)43/h7-9,12-14,22-25,29-30H,6,10-11,15-21H2,1-5H3,(H,44,52)(H,46,49)(H,47,51)/b12-7-/t22-,23+,24-,25-,29+,30+,39-/m1/s1. The number of carbonyl (C=O) groups is 4. The summed E-state index contributed by atoms with van der Waals surface area (Å²) < 4.78 is 92.0. The fourth-order valence-corrected chi connectivity index (χ4v) is 9.16. The van der Waals surface area contributed by atoms with Gasteiger partial charge in [0.2, 0.25) is 39.2 Å². The van der Waals surface area contributed by atoms with Gasteiger partial charge >= 0.3 is 12.3 Å². The predicted octanol–water partition coefficient (Wildman–Crippen LogP) is 4.36. The van der Waals surface area contributed by atoms with Crippen LogP contribution in [0.3, 0.4) is 0 Å². The number of amides is 4. The van der Waals surface area contributed by atoms with E-state index in [0.29, 0.717) is 57.4 Å². The van der Waals surface area contributed by atoms with E-state index >= 15 is 0 Å². The summed E-state index contributed by atoms with van der Waals surface area (Å²) in [6, 6.07) is 4.40. The highest BCUT2D eigenvalue weighted by atomic mass is 32.2. The Balaban J connectivity index is 1.24. The second-order valence-electron chi connectivity index (χ2n) is 17.0. The van der Waals surface area contributed by atoms with Crippen LogP contribution in [-0.4, -0.2) is 108 Å². The molecule has 3 N–H and O–H groups in total. The van der Waals surface area contributed by atoms with Crippen LogP contribution in [0.4, 0.5) is 18.0 Å². The molecular weight excluding hydrogens is 800 g/mol. The van der Waals surface area contributed by atoms with E-state index in [-0.39, 0.29) is 25.3 Å². The molecule has 4 amide bonds. The fraction of sp³-hybridized carbons (Fsp3) is 0.625. The SMILES string of the molecule is C[C@@H]1CC/C=C\[C@@H]2C[C@@]2(C(=O)NS(=O)(=O)C2(C)CC2)NC(=O)[C@@H]2C[C@@H](Oc3nc4c(c5ccccc35)CCCO4)CN2C(=O)[C@@H](NC(=O)OC(C)(C)C(F)(F)F)[C@H](C)O1. The molecule has 0 spiro atoms. The molecule has 0 radical (unpaired) electrons. The molecule has 4 heterocycles. The Kier molecular flexibility index (Phi) is 11.1. The van der Waals surface area contributed by atoms with Crippen LogP contribution < -0.4 is 24.8 Å². The van der Waals surface area contributed by atoms with Gasteiger partial charge < -0.3 is 34.5 Å². The van der Waals surface area contributed by atoms with Crippen molar-refractivity contribution in [2.24, 2.45) is 5.92 Å². The summed E-state index contributed by atoms with van der Waals surface area (Å²) in [5, 5.41) is 6.58. The van der Waals surface area contributed by atoms with Gasteiger partial charge in [-0.15, -0.1) is 0 Å². The number of alkyl carbamates (subject to hydrolysis) is 1. The lowest BCUT2D eigenvalue weighted by Gasteiger charge is -2.34. The number of hydrogen-bond donors (Lipinski definition) is 3. The Morgan fingerprint density at radius 1 is 1.10 bits per heavy atom. The minimum atomic E-state index is -4.94. The van der Waals surface area contributed by atoms with Crippen molar-refractivity contribution in [1.29, 1.82) is 0 Å². The molecule has 3 fully saturated rings. The number of benzene rings is 1. The first-order valence-corrected chi connectivity index (χ1v) is 21.4. The van der Waals surface area contributed by atoms with E-state index in [1.165, 1.54) is 13.8 Å². The first kappa shape index (κ1) is 42.5. The zero-order chi connectivity index (χ0) is 42.7. The molecule has 3 aliphatic heterocycles. The largest absolute Gasteiger partial charge is 0.477 e. The second kappa shape index (κ2) is 15.4. The Hall–Kier alpha value is -4.65. The number of pyridine rings is 1. The summed E-state index contributed by atoms with van der Waals surface area (Å²) in [6.45, 7) is 6.25. The van der Waals surface area contributed by atoms with E-state index in [2.05, 4.69) is 20.3 Å². The molecule has 7 atom stereocenters. The van der Waals surface area contributed by atoms with E-state index in [0.717, 1.165) is 28.7 Å². The molecule has 2 saturated carbocycles. The van der Waals surface area contributed by atoms with E-state index in [9.17, 15) is 40.8 Å². The Morgan fingerprint density at radius 2 is 1.81 bits per heavy atom. The topological polar surface area (TPSA) is 192 Å². The van der Waals surface area contributed by atoms with Crippen molar-refractivity contribution >= 4 is 44.6 Å². The second-order valence-corrected chi connectivity index (χ2v) is 19.2. The van der Waals surface area contributed by atoms with Gasteiger partial charge in [-0.3, -0.25) is 19.1 Å². The lowest BCUT2D eigenvalue weighted by atomic mass is 10.0. The lowest BCUT2D eigenvalue weighted by molar-refractivity contribution is -0.244. The minimum absolute atomic E-state index is 0.0764. The van der Waals surface area contributed by atoms with Crippen LogP contribution >= 0.6 is 0 Å². The summed E-state index contributed by atoms with van der Waals surface area (Å²) in [5.74, 6) is -2.63. The number of nitrogens with zero attached hydrogens (tertiary/aromatic N) is 2. The van der Waals surface area contributed by atoms with E-state index < -0.39 is 92.2 Å². The summed E-state index contributed by atoms with van der Waals surface area (Å²) in [4.78, 5) is 62.2. The number of ether oxygens (including phenoxy) is 4. The summed E-state index contributed by atoms with van der Waals surface area (Å²) >= 11 is 0. The molecule has 59 heavy (non-hydrogen) atoms. The maximum atomic E-state index is 14.7. The van der Waals surface area contributed by atoms with Gasteiger partial charge in [-0.1, -0.05) is 30.4 Å². The maximum absolute atomic E-state index is 14.7. The highest BCUT2D eigenvalue weighted by Crippen LogP contribution is 2.48. The van der Waals surface area contributed by atoms with Gasteiger partial charge in [-0.2, -0.15) is 18.2 Å². The van der Waals surface area contributed by atoms with Crippen LogP contribution in [0.25, 0.3) is 10.8 Å². The van der Waals surface area contributed by atoms with Gasteiger partial charge in [0, 0.05) is 23.3 Å². The summed E-state index contributed by atoms with van der Waals surface area (Å²) in [5.41, 5.74) is -3.68. The molecule has 322 valence electrons. The average molecular weight is 850 g/mol.